The predicted molar refractivity (Wildman–Crippen MR) is 61.8 cm³/mol. The van der Waals surface area contributed by atoms with E-state index in [1.54, 1.807) is 6.92 Å². The van der Waals surface area contributed by atoms with Crippen LogP contribution >= 0.6 is 0 Å². The number of benzene rings is 1. The Morgan fingerprint density at radius 1 is 1.44 bits per heavy atom. The van der Waals surface area contributed by atoms with Crippen molar-refractivity contribution in [3.05, 3.63) is 33.9 Å². The van der Waals surface area contributed by atoms with Crippen LogP contribution in [-0.2, 0) is 0 Å². The van der Waals surface area contributed by atoms with Gasteiger partial charge in [0.1, 0.15) is 6.10 Å². The van der Waals surface area contributed by atoms with E-state index in [0.29, 0.717) is 0 Å². The first-order valence-corrected chi connectivity index (χ1v) is 5.19. The molecular formula is C11H13NO6. The summed E-state index contributed by atoms with van der Waals surface area (Å²) in [6, 6.07) is 3.34. The summed E-state index contributed by atoms with van der Waals surface area (Å²) < 4.78 is 5.22. The predicted octanol–water partition coefficient (Wildman–Crippen LogP) is 1.44. The van der Waals surface area contributed by atoms with E-state index in [2.05, 4.69) is 0 Å². The zero-order valence-corrected chi connectivity index (χ0v) is 9.86. The van der Waals surface area contributed by atoms with Gasteiger partial charge in [0.2, 0.25) is 0 Å². The van der Waals surface area contributed by atoms with Gasteiger partial charge in [-0.2, -0.15) is 0 Å². The minimum atomic E-state index is -1.26. The lowest BCUT2D eigenvalue weighted by molar-refractivity contribution is -0.386. The van der Waals surface area contributed by atoms with Crippen LogP contribution in [0, 0.1) is 10.1 Å². The summed E-state index contributed by atoms with van der Waals surface area (Å²) in [5.41, 5.74) is -0.638. The Morgan fingerprint density at radius 3 is 2.50 bits per heavy atom. The molecule has 0 saturated heterocycles. The molecule has 0 aliphatic carbocycles. The van der Waals surface area contributed by atoms with Gasteiger partial charge in [-0.3, -0.25) is 10.1 Å². The molecule has 0 amide bonds. The van der Waals surface area contributed by atoms with Crippen molar-refractivity contribution >= 4 is 11.7 Å². The summed E-state index contributed by atoms with van der Waals surface area (Å²) in [5.74, 6) is -1.33. The number of aliphatic hydroxyl groups is 1. The average Bonchev–Trinajstić information content (AvgIpc) is 2.28. The molecule has 1 rings (SSSR count). The van der Waals surface area contributed by atoms with Crippen LogP contribution in [-0.4, -0.2) is 33.3 Å². The van der Waals surface area contributed by atoms with Crippen LogP contribution in [0.5, 0.6) is 5.75 Å². The molecule has 7 nitrogen and oxygen atoms in total. The standard InChI is InChI=1S/C11H13NO6/c1-6(13)7(2)18-10-4-3-8(11(14)15)5-9(10)12(16)17/h3-7,13H,1-2H3,(H,14,15). The van der Waals surface area contributed by atoms with Gasteiger partial charge in [0.25, 0.3) is 0 Å². The van der Waals surface area contributed by atoms with Gasteiger partial charge < -0.3 is 14.9 Å². The molecule has 2 N–H and O–H groups in total. The fraction of sp³-hybridized carbons (Fsp3) is 0.364. The molecule has 0 bridgehead atoms. The highest BCUT2D eigenvalue weighted by Crippen LogP contribution is 2.29. The Kier molecular flexibility index (Phi) is 4.22. The van der Waals surface area contributed by atoms with E-state index in [1.807, 2.05) is 0 Å². The molecular weight excluding hydrogens is 242 g/mol. The molecule has 1 aromatic carbocycles. The third-order valence-corrected chi connectivity index (χ3v) is 2.39. The summed E-state index contributed by atoms with van der Waals surface area (Å²) in [6.07, 6.45) is -1.44. The summed E-state index contributed by atoms with van der Waals surface area (Å²) >= 11 is 0. The normalized spacial score (nSPS) is 13.7. The van der Waals surface area contributed by atoms with Gasteiger partial charge in [0.15, 0.2) is 5.75 Å². The van der Waals surface area contributed by atoms with Crippen molar-refractivity contribution < 1.29 is 24.7 Å². The molecule has 0 aliphatic rings. The van der Waals surface area contributed by atoms with Crippen LogP contribution in [0.15, 0.2) is 18.2 Å². The number of nitrogens with zero attached hydrogens (tertiary/aromatic N) is 1. The number of hydrogen-bond donors (Lipinski definition) is 2. The Morgan fingerprint density at radius 2 is 2.06 bits per heavy atom. The largest absolute Gasteiger partial charge is 0.481 e. The molecule has 0 spiro atoms. The van der Waals surface area contributed by atoms with Crippen molar-refractivity contribution in [1.29, 1.82) is 0 Å². The van der Waals surface area contributed by atoms with E-state index in [4.69, 9.17) is 9.84 Å². The SMILES string of the molecule is CC(O)C(C)Oc1ccc(C(=O)O)cc1[N+](=O)[O-]. The molecule has 2 unspecified atom stereocenters. The highest BCUT2D eigenvalue weighted by Gasteiger charge is 2.21. The first-order valence-electron chi connectivity index (χ1n) is 5.19. The monoisotopic (exact) mass is 255 g/mol. The molecule has 0 fully saturated rings. The van der Waals surface area contributed by atoms with Crippen LogP contribution in [0.2, 0.25) is 0 Å². The number of hydrogen-bond acceptors (Lipinski definition) is 5. The van der Waals surface area contributed by atoms with E-state index in [9.17, 15) is 20.0 Å². The second-order valence-electron chi connectivity index (χ2n) is 3.81. The van der Waals surface area contributed by atoms with Gasteiger partial charge in [0, 0.05) is 6.07 Å². The van der Waals surface area contributed by atoms with Crippen molar-refractivity contribution in [3.63, 3.8) is 0 Å². The molecule has 1 aromatic rings. The smallest absolute Gasteiger partial charge is 0.335 e. The van der Waals surface area contributed by atoms with Gasteiger partial charge in [-0.25, -0.2) is 4.79 Å². The fourth-order valence-electron chi connectivity index (χ4n) is 1.19. The lowest BCUT2D eigenvalue weighted by atomic mass is 10.2. The first kappa shape index (κ1) is 13.9. The van der Waals surface area contributed by atoms with E-state index in [-0.39, 0.29) is 11.3 Å². The number of aromatic carboxylic acids is 1. The van der Waals surface area contributed by atoms with Crippen LogP contribution < -0.4 is 4.74 Å². The van der Waals surface area contributed by atoms with Crippen LogP contribution in [0.25, 0.3) is 0 Å². The molecule has 0 aromatic heterocycles. The van der Waals surface area contributed by atoms with E-state index in [0.717, 1.165) is 6.07 Å². The van der Waals surface area contributed by atoms with E-state index >= 15 is 0 Å². The number of rotatable bonds is 5. The Labute approximate surface area is 103 Å². The van der Waals surface area contributed by atoms with Gasteiger partial charge in [-0.1, -0.05) is 0 Å². The van der Waals surface area contributed by atoms with Crippen LogP contribution in [0.4, 0.5) is 5.69 Å². The lowest BCUT2D eigenvalue weighted by Gasteiger charge is -2.17. The van der Waals surface area contributed by atoms with Gasteiger partial charge in [0.05, 0.1) is 16.6 Å². The third kappa shape index (κ3) is 3.17. The number of carbonyl (C=O) groups is 1. The maximum absolute atomic E-state index is 10.8. The lowest BCUT2D eigenvalue weighted by Crippen LogP contribution is -2.25. The van der Waals surface area contributed by atoms with Crippen LogP contribution in [0.3, 0.4) is 0 Å². The molecule has 0 heterocycles. The Balaban J connectivity index is 3.12. The van der Waals surface area contributed by atoms with Crippen molar-refractivity contribution in [2.45, 2.75) is 26.1 Å². The first-order chi connectivity index (χ1) is 8.32. The third-order valence-electron chi connectivity index (χ3n) is 2.39. The van der Waals surface area contributed by atoms with Crippen molar-refractivity contribution in [1.82, 2.24) is 0 Å². The quantitative estimate of drug-likeness (QED) is 0.608. The maximum atomic E-state index is 10.8. The Hall–Kier alpha value is -2.15. The second kappa shape index (κ2) is 5.46. The second-order valence-corrected chi connectivity index (χ2v) is 3.81. The zero-order valence-electron chi connectivity index (χ0n) is 9.86. The zero-order chi connectivity index (χ0) is 13.9. The molecule has 7 heteroatoms. The maximum Gasteiger partial charge on any atom is 0.335 e. The average molecular weight is 255 g/mol. The van der Waals surface area contributed by atoms with Gasteiger partial charge in [-0.15, -0.1) is 0 Å². The van der Waals surface area contributed by atoms with Gasteiger partial charge >= 0.3 is 11.7 Å². The van der Waals surface area contributed by atoms with Crippen molar-refractivity contribution in [2.24, 2.45) is 0 Å². The molecule has 0 saturated carbocycles. The summed E-state index contributed by atoms with van der Waals surface area (Å²) in [5, 5.41) is 28.8. The highest BCUT2D eigenvalue weighted by atomic mass is 16.6. The topological polar surface area (TPSA) is 110 Å². The summed E-state index contributed by atoms with van der Waals surface area (Å²) in [7, 11) is 0. The number of ether oxygens (including phenoxy) is 1. The summed E-state index contributed by atoms with van der Waals surface area (Å²) in [4.78, 5) is 20.8. The number of nitro benzene ring substituents is 1. The minimum Gasteiger partial charge on any atom is -0.481 e. The molecule has 0 radical (unpaired) electrons. The molecule has 0 aliphatic heterocycles. The fourth-order valence-corrected chi connectivity index (χ4v) is 1.19. The number of aliphatic hydroxyl groups excluding tert-OH is 1. The van der Waals surface area contributed by atoms with Crippen molar-refractivity contribution in [2.75, 3.05) is 0 Å². The molecule has 98 valence electrons. The Bertz CT molecular complexity index is 471. The highest BCUT2D eigenvalue weighted by molar-refractivity contribution is 5.88. The number of carboxylic acid groups (broad SMARTS) is 1. The van der Waals surface area contributed by atoms with Crippen LogP contribution in [0.1, 0.15) is 24.2 Å². The molecule has 2 atom stereocenters. The van der Waals surface area contributed by atoms with Gasteiger partial charge in [-0.05, 0) is 26.0 Å². The number of nitro groups is 1. The van der Waals surface area contributed by atoms with E-state index < -0.39 is 28.8 Å². The molecule has 18 heavy (non-hydrogen) atoms. The summed E-state index contributed by atoms with van der Waals surface area (Å²) in [6.45, 7) is 3.04. The van der Waals surface area contributed by atoms with E-state index in [1.165, 1.54) is 19.1 Å². The minimum absolute atomic E-state index is 0.0709. The van der Waals surface area contributed by atoms with Crippen molar-refractivity contribution in [3.8, 4) is 5.75 Å². The number of carboxylic acids is 1.